The van der Waals surface area contributed by atoms with Crippen molar-refractivity contribution in [2.75, 3.05) is 13.1 Å². The lowest BCUT2D eigenvalue weighted by Gasteiger charge is -2.29. The molecule has 8 atom stereocenters. The van der Waals surface area contributed by atoms with Gasteiger partial charge in [0.2, 0.25) is 41.4 Å². The number of carboxylic acids is 1. The van der Waals surface area contributed by atoms with Crippen LogP contribution < -0.4 is 60.6 Å². The van der Waals surface area contributed by atoms with Crippen LogP contribution in [0.5, 0.6) is 0 Å². The van der Waals surface area contributed by atoms with Crippen LogP contribution in [0.1, 0.15) is 83.4 Å². The maximum atomic E-state index is 14.0. The number of nitrogens with two attached hydrogens (primary N) is 5. The molecule has 0 saturated carbocycles. The van der Waals surface area contributed by atoms with E-state index in [1.54, 1.807) is 44.2 Å². The minimum Gasteiger partial charge on any atom is -0.481 e. The molecule has 0 saturated heterocycles. The standard InChI is InChI=1S/C42H68N14O10/c1-23(2)18-31(39(64)51-28(13-9-17-49-42(46)47)37(62)53-30(35(45)60)19-25-10-5-4-6-11-25)55-41(66)34(24(3)57)56-38(63)29(14-15-33(58)59)52-40(65)32(20-26-21-48-22-50-26)54-36(61)27(44)12-7-8-16-43/h4-6,10-11,21-24,27-32,34,57H,7-9,12-20,43-44H2,1-3H3,(H2,45,60)(H,48,50)(H,51,64)(H,52,65)(H,53,62)(H,54,61)(H,55,66)(H,56,63)(H,58,59)(H4,46,47,49)/t24-,27+,28+,29+,30+,31+,32+,34+/m1/s1. The van der Waals surface area contributed by atoms with Crippen LogP contribution in [0.25, 0.3) is 0 Å². The van der Waals surface area contributed by atoms with Crippen molar-refractivity contribution in [3.63, 3.8) is 0 Å². The SMILES string of the molecule is CC(C)C[C@H](NC(=O)[C@@H](NC(=O)[C@H](CCC(=O)O)NC(=O)[C@H](Cc1cnc[nH]1)NC(=O)[C@@H](N)CCCCN)[C@@H](C)O)C(=O)N[C@@H](CCCN=C(N)N)C(=O)N[C@@H](Cc1ccccc1)C(N)=O. The van der Waals surface area contributed by atoms with E-state index in [1.807, 2.05) is 0 Å². The second-order valence-corrected chi connectivity index (χ2v) is 16.3. The number of aromatic amines is 1. The first kappa shape index (κ1) is 55.5. The van der Waals surface area contributed by atoms with Crippen molar-refractivity contribution in [1.82, 2.24) is 41.9 Å². The number of hydrogen-bond donors (Lipinski definition) is 14. The van der Waals surface area contributed by atoms with Crippen molar-refractivity contribution in [3.8, 4) is 0 Å². The maximum Gasteiger partial charge on any atom is 0.303 e. The fraction of sp³-hybridized carbons (Fsp3) is 0.571. The summed E-state index contributed by atoms with van der Waals surface area (Å²) >= 11 is 0. The van der Waals surface area contributed by atoms with Gasteiger partial charge in [0.25, 0.3) is 0 Å². The summed E-state index contributed by atoms with van der Waals surface area (Å²) in [5.41, 5.74) is 29.3. The molecular formula is C42H68N14O10. The average molecular weight is 929 g/mol. The number of benzene rings is 1. The Balaban J connectivity index is 2.34. The summed E-state index contributed by atoms with van der Waals surface area (Å²) in [6, 6.07) is -0.700. The fourth-order valence-corrected chi connectivity index (χ4v) is 6.57. The number of nitrogens with one attached hydrogen (secondary N) is 7. The molecule has 0 fully saturated rings. The minimum absolute atomic E-state index is 0.00964. The molecular weight excluding hydrogens is 861 g/mol. The number of primary amides is 1. The number of guanidine groups is 1. The van der Waals surface area contributed by atoms with Crippen molar-refractivity contribution >= 4 is 53.3 Å². The lowest BCUT2D eigenvalue weighted by molar-refractivity contribution is -0.139. The number of nitrogens with zero attached hydrogens (tertiary/aromatic N) is 2. The molecule has 24 heteroatoms. The number of carboxylic acid groups (broad SMARTS) is 1. The van der Waals surface area contributed by atoms with Crippen LogP contribution in [0.4, 0.5) is 0 Å². The number of aliphatic carboxylic acids is 1. The molecule has 0 aliphatic heterocycles. The quantitative estimate of drug-likeness (QED) is 0.0197. The van der Waals surface area contributed by atoms with E-state index in [-0.39, 0.29) is 56.9 Å². The van der Waals surface area contributed by atoms with Crippen molar-refractivity contribution in [3.05, 3.63) is 54.1 Å². The van der Waals surface area contributed by atoms with Crippen molar-refractivity contribution in [1.29, 1.82) is 0 Å². The average Bonchev–Trinajstić information content (AvgIpc) is 3.77. The van der Waals surface area contributed by atoms with Gasteiger partial charge in [-0.15, -0.1) is 0 Å². The topological polar surface area (TPSA) is 420 Å². The van der Waals surface area contributed by atoms with Gasteiger partial charge >= 0.3 is 5.97 Å². The number of imidazole rings is 1. The summed E-state index contributed by atoms with van der Waals surface area (Å²) in [6.45, 7) is 5.18. The third-order valence-corrected chi connectivity index (χ3v) is 10.1. The Hall–Kier alpha value is -6.66. The summed E-state index contributed by atoms with van der Waals surface area (Å²) < 4.78 is 0. The van der Waals surface area contributed by atoms with Crippen LogP contribution in [-0.2, 0) is 51.2 Å². The van der Waals surface area contributed by atoms with Crippen LogP contribution in [0, 0.1) is 5.92 Å². The molecule has 2 rings (SSSR count). The first-order valence-electron chi connectivity index (χ1n) is 21.8. The number of rotatable bonds is 31. The highest BCUT2D eigenvalue weighted by molar-refractivity contribution is 5.97. The Bertz CT molecular complexity index is 1910. The smallest absolute Gasteiger partial charge is 0.303 e. The molecule has 0 radical (unpaired) electrons. The fourth-order valence-electron chi connectivity index (χ4n) is 6.57. The highest BCUT2D eigenvalue weighted by Gasteiger charge is 2.35. The molecule has 0 spiro atoms. The first-order chi connectivity index (χ1) is 31.2. The van der Waals surface area contributed by atoms with E-state index in [0.717, 1.165) is 0 Å². The van der Waals surface area contributed by atoms with E-state index >= 15 is 0 Å². The molecule has 0 unspecified atom stereocenters. The molecule has 24 nitrogen and oxygen atoms in total. The number of carbonyl (C=O) groups is 8. The molecule has 66 heavy (non-hydrogen) atoms. The number of amides is 7. The number of aliphatic imine (C=N–C) groups is 1. The monoisotopic (exact) mass is 929 g/mol. The zero-order chi connectivity index (χ0) is 49.3. The first-order valence-corrected chi connectivity index (χ1v) is 21.8. The largest absolute Gasteiger partial charge is 0.481 e. The lowest BCUT2D eigenvalue weighted by atomic mass is 10.0. The number of aromatic nitrogens is 2. The highest BCUT2D eigenvalue weighted by Crippen LogP contribution is 2.11. The molecule has 19 N–H and O–H groups in total. The highest BCUT2D eigenvalue weighted by atomic mass is 16.4. The zero-order valence-electron chi connectivity index (χ0n) is 37.7. The Kier molecular flexibility index (Phi) is 24.4. The van der Waals surface area contributed by atoms with Gasteiger partial charge in [-0.1, -0.05) is 50.6 Å². The summed E-state index contributed by atoms with van der Waals surface area (Å²) in [5.74, 6) is -7.83. The van der Waals surface area contributed by atoms with E-state index in [9.17, 15) is 48.6 Å². The third kappa shape index (κ3) is 20.9. The summed E-state index contributed by atoms with van der Waals surface area (Å²) in [5, 5.41) is 35.4. The number of unbranched alkanes of at least 4 members (excludes halogenated alkanes) is 1. The number of hydrogen-bond acceptors (Lipinski definition) is 13. The number of aliphatic hydroxyl groups is 1. The van der Waals surface area contributed by atoms with Crippen molar-refractivity contribution < 1.29 is 48.6 Å². The molecule has 0 aliphatic rings. The Morgan fingerprint density at radius 3 is 1.83 bits per heavy atom. The zero-order valence-corrected chi connectivity index (χ0v) is 37.7. The predicted octanol–water partition coefficient (Wildman–Crippen LogP) is -3.61. The Morgan fingerprint density at radius 1 is 0.697 bits per heavy atom. The van der Waals surface area contributed by atoms with Crippen LogP contribution in [-0.4, -0.2) is 135 Å². The van der Waals surface area contributed by atoms with Gasteiger partial charge in [-0.2, -0.15) is 0 Å². The van der Waals surface area contributed by atoms with Gasteiger partial charge in [0.15, 0.2) is 5.96 Å². The normalized spacial score (nSPS) is 14.7. The van der Waals surface area contributed by atoms with E-state index in [1.165, 1.54) is 19.4 Å². The Labute approximate surface area is 383 Å². The molecule has 1 aromatic heterocycles. The van der Waals surface area contributed by atoms with Crippen LogP contribution >= 0.6 is 0 Å². The van der Waals surface area contributed by atoms with E-state index in [0.29, 0.717) is 30.6 Å². The van der Waals surface area contributed by atoms with Gasteiger partial charge in [0.1, 0.15) is 36.3 Å². The third-order valence-electron chi connectivity index (χ3n) is 10.1. The second kappa shape index (κ2) is 29.0. The van der Waals surface area contributed by atoms with Gasteiger partial charge in [0, 0.05) is 37.7 Å². The number of H-pyrrole nitrogens is 1. The molecule has 1 aromatic carbocycles. The van der Waals surface area contributed by atoms with Crippen molar-refractivity contribution in [2.45, 2.75) is 133 Å². The molecule has 366 valence electrons. The molecule has 0 aliphatic carbocycles. The summed E-state index contributed by atoms with van der Waals surface area (Å²) in [6.07, 6.45) is 1.64. The van der Waals surface area contributed by atoms with Crippen LogP contribution in [0.15, 0.2) is 47.8 Å². The molecule has 1 heterocycles. The lowest BCUT2D eigenvalue weighted by Crippen LogP contribution is -2.62. The predicted molar refractivity (Wildman–Crippen MR) is 242 cm³/mol. The molecule has 0 bridgehead atoms. The molecule has 7 amide bonds. The summed E-state index contributed by atoms with van der Waals surface area (Å²) in [7, 11) is 0. The van der Waals surface area contributed by atoms with Crippen LogP contribution in [0.3, 0.4) is 0 Å². The van der Waals surface area contributed by atoms with Crippen molar-refractivity contribution in [2.24, 2.45) is 39.6 Å². The van der Waals surface area contributed by atoms with Gasteiger partial charge in [-0.25, -0.2) is 4.98 Å². The maximum absolute atomic E-state index is 14.0. The van der Waals surface area contributed by atoms with Crippen LogP contribution in [0.2, 0.25) is 0 Å². The van der Waals surface area contributed by atoms with Gasteiger partial charge < -0.3 is 75.8 Å². The Morgan fingerprint density at radius 2 is 1.27 bits per heavy atom. The van der Waals surface area contributed by atoms with E-state index < -0.39 is 109 Å². The van der Waals surface area contributed by atoms with Gasteiger partial charge in [-0.05, 0) is 63.5 Å². The van der Waals surface area contributed by atoms with Gasteiger partial charge in [-0.3, -0.25) is 43.3 Å². The number of carbonyl (C=O) groups excluding carboxylic acids is 7. The minimum atomic E-state index is -1.76. The van der Waals surface area contributed by atoms with E-state index in [4.69, 9.17) is 28.7 Å². The second-order valence-electron chi connectivity index (χ2n) is 16.3. The van der Waals surface area contributed by atoms with Gasteiger partial charge in [0.05, 0.1) is 18.5 Å². The summed E-state index contributed by atoms with van der Waals surface area (Å²) in [4.78, 5) is 117. The van der Waals surface area contributed by atoms with E-state index in [2.05, 4.69) is 46.9 Å². The molecule has 2 aromatic rings. The number of aliphatic hydroxyl groups excluding tert-OH is 1.